The summed E-state index contributed by atoms with van der Waals surface area (Å²) in [5, 5.41) is 6.06. The Morgan fingerprint density at radius 3 is 2.57 bits per heavy atom. The molecular weight excluding hydrogens is 583 g/mol. The maximum absolute atomic E-state index is 14.7. The van der Waals surface area contributed by atoms with Gasteiger partial charge in [0.1, 0.15) is 11.9 Å². The summed E-state index contributed by atoms with van der Waals surface area (Å²) in [5.41, 5.74) is 3.14. The number of carbonyl (C=O) groups is 2. The lowest BCUT2D eigenvalue weighted by Crippen LogP contribution is -2.48. The molecule has 2 N–H and O–H groups in total. The number of thiophene rings is 1. The predicted octanol–water partition coefficient (Wildman–Crippen LogP) is 5.33. The minimum atomic E-state index is -0.786. The second-order valence-electron chi connectivity index (χ2n) is 11.2. The van der Waals surface area contributed by atoms with Crippen LogP contribution in [-0.2, 0) is 24.7 Å². The molecular formula is C32H33FN6O4S. The van der Waals surface area contributed by atoms with Gasteiger partial charge in [-0.25, -0.2) is 14.2 Å². The molecule has 228 valence electrons. The van der Waals surface area contributed by atoms with E-state index in [1.54, 1.807) is 37.3 Å². The Hall–Kier alpha value is -4.55. The first-order valence-corrected chi connectivity index (χ1v) is 15.3. The zero-order valence-electron chi connectivity index (χ0n) is 24.7. The summed E-state index contributed by atoms with van der Waals surface area (Å²) in [6, 6.07) is 13.0. The monoisotopic (exact) mass is 616 g/mol. The number of nitrogens with one attached hydrogen (secondary N) is 2. The highest BCUT2D eigenvalue weighted by Crippen LogP contribution is 2.35. The van der Waals surface area contributed by atoms with Crippen LogP contribution in [0.1, 0.15) is 34.9 Å². The number of benzene rings is 2. The summed E-state index contributed by atoms with van der Waals surface area (Å²) in [6.45, 7) is 1.46. The average molecular weight is 617 g/mol. The zero-order chi connectivity index (χ0) is 31.0. The molecule has 0 saturated carbocycles. The highest BCUT2D eigenvalue weighted by atomic mass is 32.1. The van der Waals surface area contributed by atoms with Gasteiger partial charge >= 0.3 is 6.09 Å². The van der Waals surface area contributed by atoms with Crippen LogP contribution in [0.25, 0.3) is 11.3 Å². The molecule has 1 aliphatic heterocycles. The molecule has 10 nitrogen and oxygen atoms in total. The molecule has 2 amide bonds. The molecule has 0 radical (unpaired) electrons. The van der Waals surface area contributed by atoms with Crippen LogP contribution in [-0.4, -0.2) is 58.5 Å². The molecule has 0 bridgehead atoms. The minimum absolute atomic E-state index is 0.0364. The van der Waals surface area contributed by atoms with Crippen LogP contribution in [0.4, 0.5) is 26.4 Å². The number of hydrogen-bond acceptors (Lipinski definition) is 8. The molecule has 44 heavy (non-hydrogen) atoms. The van der Waals surface area contributed by atoms with Crippen molar-refractivity contribution in [2.75, 3.05) is 37.8 Å². The van der Waals surface area contributed by atoms with Gasteiger partial charge in [-0.15, -0.1) is 11.3 Å². The Morgan fingerprint density at radius 1 is 1.02 bits per heavy atom. The number of likely N-dealkylation sites (N-methyl/N-ethyl adjacent to an activating group) is 2. The number of amides is 2. The van der Waals surface area contributed by atoms with Gasteiger partial charge in [0.2, 0.25) is 5.91 Å². The van der Waals surface area contributed by atoms with E-state index >= 15 is 0 Å². The molecule has 3 heterocycles. The Bertz CT molecular complexity index is 1760. The summed E-state index contributed by atoms with van der Waals surface area (Å²) in [6.07, 6.45) is 4.95. The molecule has 2 aromatic heterocycles. The van der Waals surface area contributed by atoms with Crippen LogP contribution in [0.15, 0.2) is 59.5 Å². The van der Waals surface area contributed by atoms with Crippen molar-refractivity contribution in [1.29, 1.82) is 0 Å². The highest BCUT2D eigenvalue weighted by Gasteiger charge is 2.31. The topological polar surface area (TPSA) is 109 Å². The third kappa shape index (κ3) is 6.08. The standard InChI is InChI=1S/C32H33FN6O4S/c1-37-14-15-38(2)30(40)28(37)19-8-11-22(12-9-19)34-29-31(41)39(3)18-25(35-29)20-10-13-23(33)24(16-20)36-32(42)43-27-17-21-6-4-5-7-26(21)44-27/h8-13,16-18,28H,4-7,14-15H2,1-3H3,(H,34,35)(H,36,42)/t28-/m1/s1. The summed E-state index contributed by atoms with van der Waals surface area (Å²) >= 11 is 1.45. The van der Waals surface area contributed by atoms with E-state index in [2.05, 4.69) is 15.6 Å². The number of aromatic nitrogens is 2. The van der Waals surface area contributed by atoms with Crippen molar-refractivity contribution in [3.63, 3.8) is 0 Å². The second kappa shape index (κ2) is 12.2. The van der Waals surface area contributed by atoms with Crippen LogP contribution >= 0.6 is 11.3 Å². The van der Waals surface area contributed by atoms with E-state index in [0.717, 1.165) is 37.8 Å². The van der Waals surface area contributed by atoms with Gasteiger partial charge in [0, 0.05) is 49.5 Å². The van der Waals surface area contributed by atoms with Crippen molar-refractivity contribution < 1.29 is 18.7 Å². The number of halogens is 1. The number of rotatable bonds is 6. The predicted molar refractivity (Wildman–Crippen MR) is 168 cm³/mol. The fourth-order valence-corrected chi connectivity index (χ4v) is 6.67. The number of anilines is 3. The molecule has 1 fully saturated rings. The van der Waals surface area contributed by atoms with Gasteiger partial charge in [0.25, 0.3) is 5.56 Å². The number of aryl methyl sites for hydroxylation is 3. The van der Waals surface area contributed by atoms with E-state index < -0.39 is 11.9 Å². The third-order valence-electron chi connectivity index (χ3n) is 8.07. The lowest BCUT2D eigenvalue weighted by molar-refractivity contribution is -0.139. The number of ether oxygens (including phenoxy) is 1. The minimum Gasteiger partial charge on any atom is -0.399 e. The molecule has 0 unspecified atom stereocenters. The molecule has 2 aromatic carbocycles. The number of fused-ring (bicyclic) bond motifs is 1. The molecule has 4 aromatic rings. The summed E-state index contributed by atoms with van der Waals surface area (Å²) in [4.78, 5) is 47.8. The Labute approximate surface area is 258 Å². The van der Waals surface area contributed by atoms with E-state index in [0.29, 0.717) is 28.6 Å². The maximum atomic E-state index is 14.7. The Morgan fingerprint density at radius 2 is 1.80 bits per heavy atom. The first kappa shape index (κ1) is 29.5. The SMILES string of the molecule is CN1CCN(C)[C@H](c2ccc(Nc3nc(-c4ccc(F)c(NC(=O)Oc5cc6c(s5)CCCC6)c4)cn(C)c3=O)cc2)C1=O. The van der Waals surface area contributed by atoms with Gasteiger partial charge in [-0.1, -0.05) is 12.1 Å². The highest BCUT2D eigenvalue weighted by molar-refractivity contribution is 7.14. The van der Waals surface area contributed by atoms with Gasteiger partial charge in [-0.3, -0.25) is 19.8 Å². The smallest absolute Gasteiger partial charge is 0.399 e. The number of nitrogens with zero attached hydrogens (tertiary/aromatic N) is 4. The molecule has 1 aliphatic carbocycles. The van der Waals surface area contributed by atoms with Crippen molar-refractivity contribution in [2.45, 2.75) is 31.7 Å². The largest absolute Gasteiger partial charge is 0.417 e. The third-order valence-corrected chi connectivity index (χ3v) is 9.18. The van der Waals surface area contributed by atoms with E-state index in [1.165, 1.54) is 44.5 Å². The first-order chi connectivity index (χ1) is 21.2. The average Bonchev–Trinajstić information content (AvgIpc) is 3.41. The molecule has 2 aliphatic rings. The lowest BCUT2D eigenvalue weighted by Gasteiger charge is -2.37. The van der Waals surface area contributed by atoms with Gasteiger partial charge < -0.3 is 19.5 Å². The fourth-order valence-electron chi connectivity index (χ4n) is 5.57. The van der Waals surface area contributed by atoms with Gasteiger partial charge in [-0.2, -0.15) is 0 Å². The first-order valence-electron chi connectivity index (χ1n) is 14.5. The maximum Gasteiger partial charge on any atom is 0.417 e. The number of hydrogen-bond donors (Lipinski definition) is 2. The molecule has 6 rings (SSSR count). The second-order valence-corrected chi connectivity index (χ2v) is 12.3. The molecule has 1 saturated heterocycles. The van der Waals surface area contributed by atoms with Crippen LogP contribution in [0.3, 0.4) is 0 Å². The van der Waals surface area contributed by atoms with Gasteiger partial charge in [-0.05, 0) is 80.3 Å². The van der Waals surface area contributed by atoms with Crippen LogP contribution < -0.4 is 20.9 Å². The molecule has 1 atom stereocenters. The van der Waals surface area contributed by atoms with Crippen molar-refractivity contribution in [3.05, 3.63) is 86.9 Å². The molecule has 0 spiro atoms. The lowest BCUT2D eigenvalue weighted by atomic mass is 10.00. The van der Waals surface area contributed by atoms with Crippen molar-refractivity contribution >= 4 is 40.5 Å². The van der Waals surface area contributed by atoms with Crippen molar-refractivity contribution in [3.8, 4) is 16.3 Å². The summed E-state index contributed by atoms with van der Waals surface area (Å²) in [5.74, 6) is -0.523. The number of carbonyl (C=O) groups excluding carboxylic acids is 2. The number of piperazine rings is 1. The van der Waals surface area contributed by atoms with E-state index in [1.807, 2.05) is 30.1 Å². The molecule has 12 heteroatoms. The Balaban J connectivity index is 1.19. The quantitative estimate of drug-likeness (QED) is 0.302. The van der Waals surface area contributed by atoms with E-state index in [4.69, 9.17) is 4.74 Å². The summed E-state index contributed by atoms with van der Waals surface area (Å²) in [7, 11) is 5.33. The summed E-state index contributed by atoms with van der Waals surface area (Å²) < 4.78 is 21.6. The van der Waals surface area contributed by atoms with Crippen molar-refractivity contribution in [1.82, 2.24) is 19.4 Å². The van der Waals surface area contributed by atoms with Crippen molar-refractivity contribution in [2.24, 2.45) is 7.05 Å². The van der Waals surface area contributed by atoms with E-state index in [9.17, 15) is 18.8 Å². The Kier molecular flexibility index (Phi) is 8.19. The van der Waals surface area contributed by atoms with Crippen LogP contribution in [0.2, 0.25) is 0 Å². The van der Waals surface area contributed by atoms with E-state index in [-0.39, 0.29) is 29.0 Å². The van der Waals surface area contributed by atoms with Crippen LogP contribution in [0, 0.1) is 5.82 Å². The normalized spacial score (nSPS) is 16.9. The van der Waals surface area contributed by atoms with Crippen LogP contribution in [0.5, 0.6) is 5.06 Å². The fraction of sp³-hybridized carbons (Fsp3) is 0.312. The van der Waals surface area contributed by atoms with Gasteiger partial charge in [0.05, 0.1) is 11.4 Å². The zero-order valence-corrected chi connectivity index (χ0v) is 25.5. The van der Waals surface area contributed by atoms with Gasteiger partial charge in [0.15, 0.2) is 10.9 Å².